The number of aliphatic hydroxyl groups is 1. The maximum Gasteiger partial charge on any atom is 0.270 e. The minimum Gasteiger partial charge on any atom is -0.389 e. The summed E-state index contributed by atoms with van der Waals surface area (Å²) in [4.78, 5) is 26.0. The van der Waals surface area contributed by atoms with Crippen molar-refractivity contribution in [1.82, 2.24) is 5.32 Å². The third-order valence-electron chi connectivity index (χ3n) is 3.89. The van der Waals surface area contributed by atoms with Gasteiger partial charge in [-0.05, 0) is 49.0 Å². The van der Waals surface area contributed by atoms with Crippen LogP contribution < -0.4 is 10.2 Å². The van der Waals surface area contributed by atoms with Crippen LogP contribution in [0.4, 0.5) is 5.69 Å². The lowest BCUT2D eigenvalue weighted by molar-refractivity contribution is -0.122. The van der Waals surface area contributed by atoms with Gasteiger partial charge < -0.3 is 5.11 Å². The molecule has 5 nitrogen and oxygen atoms in total. The number of halogens is 1. The summed E-state index contributed by atoms with van der Waals surface area (Å²) in [6, 6.07) is 6.57. The van der Waals surface area contributed by atoms with Gasteiger partial charge in [-0.3, -0.25) is 19.8 Å². The van der Waals surface area contributed by atoms with Crippen LogP contribution in [-0.4, -0.2) is 28.1 Å². The number of thiocarbonyl (C=S) groups is 1. The van der Waals surface area contributed by atoms with Gasteiger partial charge in [0.1, 0.15) is 5.57 Å². The number of nitrogens with one attached hydrogen (secondary N) is 1. The van der Waals surface area contributed by atoms with E-state index in [0.29, 0.717) is 17.1 Å². The third kappa shape index (κ3) is 5.24. The van der Waals surface area contributed by atoms with E-state index >= 15 is 0 Å². The Bertz CT molecular complexity index is 744. The van der Waals surface area contributed by atoms with Crippen LogP contribution in [0.5, 0.6) is 0 Å². The Balaban J connectivity index is 2.14. The molecule has 1 aliphatic heterocycles. The van der Waals surface area contributed by atoms with Gasteiger partial charge in [0.05, 0.1) is 11.8 Å². The molecule has 0 spiro atoms. The molecule has 1 heterocycles. The summed E-state index contributed by atoms with van der Waals surface area (Å²) in [6.07, 6.45) is 7.60. The van der Waals surface area contributed by atoms with Crippen LogP contribution in [0, 0.1) is 0 Å². The summed E-state index contributed by atoms with van der Waals surface area (Å²) in [6.45, 7) is 2.09. The topological polar surface area (TPSA) is 69.6 Å². The molecule has 1 unspecified atom stereocenters. The zero-order valence-corrected chi connectivity index (χ0v) is 16.0. The predicted molar refractivity (Wildman–Crippen MR) is 107 cm³/mol. The van der Waals surface area contributed by atoms with Crippen molar-refractivity contribution in [2.24, 2.45) is 0 Å². The van der Waals surface area contributed by atoms with Gasteiger partial charge in [0.15, 0.2) is 5.11 Å². The molecule has 2 amide bonds. The van der Waals surface area contributed by atoms with E-state index in [1.807, 2.05) is 0 Å². The highest BCUT2D eigenvalue weighted by Gasteiger charge is 2.33. The number of carbonyl (C=O) groups excluding carboxylic acids is 2. The number of unbranched alkanes of at least 4 members (excludes halogenated alkanes) is 2. The Kier molecular flexibility index (Phi) is 7.50. The number of benzene rings is 1. The zero-order valence-electron chi connectivity index (χ0n) is 14.4. The molecule has 7 heteroatoms. The second-order valence-corrected chi connectivity index (χ2v) is 6.73. The minimum atomic E-state index is -0.603. The van der Waals surface area contributed by atoms with Crippen molar-refractivity contribution in [3.8, 4) is 0 Å². The minimum absolute atomic E-state index is 0.0167. The van der Waals surface area contributed by atoms with Gasteiger partial charge in [-0.15, -0.1) is 0 Å². The highest BCUT2D eigenvalue weighted by Crippen LogP contribution is 2.22. The third-order valence-corrected chi connectivity index (χ3v) is 4.42. The summed E-state index contributed by atoms with van der Waals surface area (Å²) in [7, 11) is 0. The van der Waals surface area contributed by atoms with Crippen LogP contribution in [0.1, 0.15) is 32.6 Å². The average molecular weight is 393 g/mol. The van der Waals surface area contributed by atoms with Crippen LogP contribution in [0.25, 0.3) is 0 Å². The average Bonchev–Trinajstić information content (AvgIpc) is 2.59. The summed E-state index contributed by atoms with van der Waals surface area (Å²) in [5.74, 6) is -1.08. The smallest absolute Gasteiger partial charge is 0.270 e. The first-order valence-electron chi connectivity index (χ1n) is 8.46. The monoisotopic (exact) mass is 392 g/mol. The van der Waals surface area contributed by atoms with Gasteiger partial charge in [0, 0.05) is 5.02 Å². The van der Waals surface area contributed by atoms with Gasteiger partial charge in [0.2, 0.25) is 0 Å². The van der Waals surface area contributed by atoms with E-state index < -0.39 is 17.9 Å². The molecule has 1 atom stereocenters. The number of nitrogens with zero attached hydrogens (tertiary/aromatic N) is 1. The molecule has 0 aliphatic carbocycles. The Labute approximate surface area is 163 Å². The van der Waals surface area contributed by atoms with Crippen LogP contribution >= 0.6 is 23.8 Å². The van der Waals surface area contributed by atoms with E-state index in [9.17, 15) is 14.7 Å². The molecule has 1 aromatic carbocycles. The number of hydrogen-bond donors (Lipinski definition) is 2. The maximum atomic E-state index is 12.7. The first-order valence-corrected chi connectivity index (χ1v) is 9.24. The second-order valence-electron chi connectivity index (χ2n) is 5.90. The highest BCUT2D eigenvalue weighted by atomic mass is 35.5. The maximum absolute atomic E-state index is 12.7. The Morgan fingerprint density at radius 1 is 1.27 bits per heavy atom. The molecule has 2 N–H and O–H groups in total. The van der Waals surface area contributed by atoms with Crippen molar-refractivity contribution in [2.75, 3.05) is 4.90 Å². The van der Waals surface area contributed by atoms with Crippen molar-refractivity contribution < 1.29 is 14.7 Å². The molecule has 138 valence electrons. The number of rotatable bonds is 7. The fourth-order valence-corrected chi connectivity index (χ4v) is 2.89. The lowest BCUT2D eigenvalue weighted by Crippen LogP contribution is -2.54. The summed E-state index contributed by atoms with van der Waals surface area (Å²) < 4.78 is 0. The number of allylic oxidation sites excluding steroid dienone is 2. The molecule has 1 aliphatic rings. The number of aliphatic hydroxyl groups excluding tert-OH is 1. The number of anilines is 1. The molecule has 26 heavy (non-hydrogen) atoms. The van der Waals surface area contributed by atoms with Gasteiger partial charge >= 0.3 is 0 Å². The van der Waals surface area contributed by atoms with Crippen molar-refractivity contribution in [1.29, 1.82) is 0 Å². The summed E-state index contributed by atoms with van der Waals surface area (Å²) in [5, 5.41) is 12.9. The van der Waals surface area contributed by atoms with E-state index in [-0.39, 0.29) is 10.7 Å². The van der Waals surface area contributed by atoms with Gasteiger partial charge in [0.25, 0.3) is 11.8 Å². The van der Waals surface area contributed by atoms with E-state index in [0.717, 1.165) is 19.3 Å². The molecule has 0 saturated carbocycles. The molecule has 1 saturated heterocycles. The lowest BCUT2D eigenvalue weighted by Gasteiger charge is -2.28. The quantitative estimate of drug-likeness (QED) is 0.322. The zero-order chi connectivity index (χ0) is 19.1. The van der Waals surface area contributed by atoms with E-state index in [1.165, 1.54) is 17.1 Å². The van der Waals surface area contributed by atoms with Crippen molar-refractivity contribution >= 4 is 46.4 Å². The number of amides is 2. The Morgan fingerprint density at radius 2 is 1.96 bits per heavy atom. The van der Waals surface area contributed by atoms with Crippen LogP contribution in [0.15, 0.2) is 48.1 Å². The molecule has 1 aromatic rings. The molecular weight excluding hydrogens is 372 g/mol. The Hall–Kier alpha value is -2.02. The van der Waals surface area contributed by atoms with E-state index in [1.54, 1.807) is 30.3 Å². The first-order chi connectivity index (χ1) is 12.4. The van der Waals surface area contributed by atoms with Crippen LogP contribution in [0.2, 0.25) is 5.02 Å². The molecular formula is C19H21ClN2O3S. The summed E-state index contributed by atoms with van der Waals surface area (Å²) in [5.41, 5.74) is 0.462. The van der Waals surface area contributed by atoms with Crippen molar-refractivity contribution in [3.63, 3.8) is 0 Å². The van der Waals surface area contributed by atoms with E-state index in [4.69, 9.17) is 23.8 Å². The molecule has 2 rings (SSSR count). The normalized spacial score (nSPS) is 17.9. The molecule has 1 fully saturated rings. The SMILES string of the molecule is CCCCCC(O)/C=C/C=C1/C(=O)NC(=S)N(c2ccc(Cl)cc2)C1=O. The molecule has 0 aromatic heterocycles. The van der Waals surface area contributed by atoms with Crippen LogP contribution in [-0.2, 0) is 9.59 Å². The van der Waals surface area contributed by atoms with Crippen molar-refractivity contribution in [3.05, 3.63) is 53.1 Å². The largest absolute Gasteiger partial charge is 0.389 e. The predicted octanol–water partition coefficient (Wildman–Crippen LogP) is 3.51. The number of carbonyl (C=O) groups is 2. The first kappa shape index (κ1) is 20.3. The number of hydrogen-bond acceptors (Lipinski definition) is 4. The summed E-state index contributed by atoms with van der Waals surface area (Å²) >= 11 is 11.0. The molecule has 0 radical (unpaired) electrons. The van der Waals surface area contributed by atoms with Gasteiger partial charge in [-0.1, -0.05) is 49.9 Å². The fraction of sp³-hybridized carbons (Fsp3) is 0.316. The van der Waals surface area contributed by atoms with Gasteiger partial charge in [-0.2, -0.15) is 0 Å². The van der Waals surface area contributed by atoms with Crippen molar-refractivity contribution in [2.45, 2.75) is 38.7 Å². The highest BCUT2D eigenvalue weighted by molar-refractivity contribution is 7.80. The second kappa shape index (κ2) is 9.62. The van der Waals surface area contributed by atoms with Crippen LogP contribution in [0.3, 0.4) is 0 Å². The lowest BCUT2D eigenvalue weighted by atomic mass is 10.1. The van der Waals surface area contributed by atoms with Gasteiger partial charge in [-0.25, -0.2) is 0 Å². The van der Waals surface area contributed by atoms with E-state index in [2.05, 4.69) is 12.2 Å². The molecule has 0 bridgehead atoms. The standard InChI is InChI=1S/C19H21ClN2O3S/c1-2-3-4-6-15(23)7-5-8-16-17(24)21-19(26)22(18(16)25)14-11-9-13(20)10-12-14/h5,7-12,15,23H,2-4,6H2,1H3,(H,21,24,26)/b7-5+,16-8-. The Morgan fingerprint density at radius 3 is 2.62 bits per heavy atom. The fourth-order valence-electron chi connectivity index (χ4n) is 2.48.